The van der Waals surface area contributed by atoms with Gasteiger partial charge in [-0.05, 0) is 48.7 Å². The van der Waals surface area contributed by atoms with Gasteiger partial charge < -0.3 is 5.32 Å². The number of nitrogens with zero attached hydrogens (tertiary/aromatic N) is 1. The van der Waals surface area contributed by atoms with Crippen molar-refractivity contribution in [2.45, 2.75) is 26.7 Å². The highest BCUT2D eigenvalue weighted by Crippen LogP contribution is 2.18. The SMILES string of the molecule is Cc1ncc(C(C)C)cc1C(=O)Nc1ccc(F)cc1. The van der Waals surface area contributed by atoms with Crippen molar-refractivity contribution in [2.24, 2.45) is 0 Å². The second kappa shape index (κ2) is 5.82. The lowest BCUT2D eigenvalue weighted by Crippen LogP contribution is -2.14. The number of carbonyl (C=O) groups is 1. The van der Waals surface area contributed by atoms with E-state index in [1.807, 2.05) is 19.9 Å². The predicted octanol–water partition coefficient (Wildman–Crippen LogP) is 3.90. The fraction of sp³-hybridized carbons (Fsp3) is 0.250. The first-order valence-electron chi connectivity index (χ1n) is 6.51. The van der Waals surface area contributed by atoms with Crippen LogP contribution in [0.25, 0.3) is 0 Å². The number of aryl methyl sites for hydroxylation is 1. The van der Waals surface area contributed by atoms with Gasteiger partial charge in [-0.25, -0.2) is 4.39 Å². The summed E-state index contributed by atoms with van der Waals surface area (Å²) >= 11 is 0. The monoisotopic (exact) mass is 272 g/mol. The fourth-order valence-electron chi connectivity index (χ4n) is 1.83. The molecule has 1 amide bonds. The van der Waals surface area contributed by atoms with Crippen molar-refractivity contribution in [3.05, 3.63) is 59.2 Å². The first-order valence-corrected chi connectivity index (χ1v) is 6.51. The average Bonchev–Trinajstić information content (AvgIpc) is 2.41. The molecule has 0 aliphatic rings. The highest BCUT2D eigenvalue weighted by atomic mass is 19.1. The number of nitrogens with one attached hydrogen (secondary N) is 1. The van der Waals surface area contributed by atoms with Gasteiger partial charge in [0.2, 0.25) is 0 Å². The van der Waals surface area contributed by atoms with Crippen molar-refractivity contribution < 1.29 is 9.18 Å². The van der Waals surface area contributed by atoms with Crippen molar-refractivity contribution in [1.82, 2.24) is 4.98 Å². The van der Waals surface area contributed by atoms with Crippen molar-refractivity contribution in [2.75, 3.05) is 5.32 Å². The first-order chi connectivity index (χ1) is 9.47. The first kappa shape index (κ1) is 14.2. The van der Waals surface area contributed by atoms with Crippen LogP contribution in [0.4, 0.5) is 10.1 Å². The number of pyridine rings is 1. The number of carbonyl (C=O) groups excluding carboxylic acids is 1. The number of hydrogen-bond donors (Lipinski definition) is 1. The van der Waals surface area contributed by atoms with Gasteiger partial charge in [0.1, 0.15) is 5.82 Å². The number of halogens is 1. The number of aromatic nitrogens is 1. The Morgan fingerprint density at radius 3 is 2.50 bits per heavy atom. The highest BCUT2D eigenvalue weighted by Gasteiger charge is 2.12. The molecule has 0 fully saturated rings. The molecular weight excluding hydrogens is 255 g/mol. The molecule has 0 radical (unpaired) electrons. The van der Waals surface area contributed by atoms with Crippen LogP contribution in [-0.2, 0) is 0 Å². The van der Waals surface area contributed by atoms with E-state index in [1.165, 1.54) is 24.3 Å². The van der Waals surface area contributed by atoms with E-state index < -0.39 is 0 Å². The fourth-order valence-corrected chi connectivity index (χ4v) is 1.83. The maximum Gasteiger partial charge on any atom is 0.257 e. The van der Waals surface area contributed by atoms with Gasteiger partial charge in [-0.15, -0.1) is 0 Å². The number of anilines is 1. The number of benzene rings is 1. The summed E-state index contributed by atoms with van der Waals surface area (Å²) in [4.78, 5) is 16.5. The molecule has 0 unspecified atom stereocenters. The normalized spacial score (nSPS) is 10.7. The van der Waals surface area contributed by atoms with Gasteiger partial charge in [-0.2, -0.15) is 0 Å². The molecule has 104 valence electrons. The minimum absolute atomic E-state index is 0.232. The maximum atomic E-state index is 12.8. The maximum absolute atomic E-state index is 12.8. The zero-order chi connectivity index (χ0) is 14.7. The molecule has 0 saturated carbocycles. The Kier molecular flexibility index (Phi) is 4.13. The van der Waals surface area contributed by atoms with Gasteiger partial charge in [-0.1, -0.05) is 13.8 Å². The molecule has 0 aliphatic carbocycles. The molecular formula is C16H17FN2O. The molecule has 0 saturated heterocycles. The van der Waals surface area contributed by atoms with Crippen LogP contribution in [0.15, 0.2) is 36.5 Å². The molecule has 1 aromatic heterocycles. The minimum Gasteiger partial charge on any atom is -0.322 e. The number of amides is 1. The third-order valence-corrected chi connectivity index (χ3v) is 3.12. The van der Waals surface area contributed by atoms with Crippen LogP contribution in [-0.4, -0.2) is 10.9 Å². The molecule has 0 aliphatic heterocycles. The van der Waals surface area contributed by atoms with Gasteiger partial charge in [-0.3, -0.25) is 9.78 Å². The van der Waals surface area contributed by atoms with Crippen molar-refractivity contribution >= 4 is 11.6 Å². The Morgan fingerprint density at radius 2 is 1.90 bits per heavy atom. The molecule has 3 nitrogen and oxygen atoms in total. The lowest BCUT2D eigenvalue weighted by molar-refractivity contribution is 0.102. The Bertz CT molecular complexity index is 621. The highest BCUT2D eigenvalue weighted by molar-refractivity contribution is 6.05. The quantitative estimate of drug-likeness (QED) is 0.920. The molecule has 0 spiro atoms. The second-order valence-electron chi connectivity index (χ2n) is 5.02. The number of hydrogen-bond acceptors (Lipinski definition) is 2. The van der Waals surface area contributed by atoms with E-state index in [0.29, 0.717) is 22.9 Å². The van der Waals surface area contributed by atoms with Crippen LogP contribution in [0.3, 0.4) is 0 Å². The van der Waals surface area contributed by atoms with Crippen molar-refractivity contribution in [3.8, 4) is 0 Å². The smallest absolute Gasteiger partial charge is 0.257 e. The molecule has 1 heterocycles. The summed E-state index contributed by atoms with van der Waals surface area (Å²) in [6.07, 6.45) is 1.79. The number of rotatable bonds is 3. The lowest BCUT2D eigenvalue weighted by Gasteiger charge is -2.11. The summed E-state index contributed by atoms with van der Waals surface area (Å²) in [7, 11) is 0. The van der Waals surface area contributed by atoms with Gasteiger partial charge in [0, 0.05) is 17.6 Å². The standard InChI is InChI=1S/C16H17FN2O/c1-10(2)12-8-15(11(3)18-9-12)16(20)19-14-6-4-13(17)5-7-14/h4-10H,1-3H3,(H,19,20). The third-order valence-electron chi connectivity index (χ3n) is 3.12. The van der Waals surface area contributed by atoms with Crippen LogP contribution < -0.4 is 5.32 Å². The largest absolute Gasteiger partial charge is 0.322 e. The summed E-state index contributed by atoms with van der Waals surface area (Å²) in [6.45, 7) is 5.89. The summed E-state index contributed by atoms with van der Waals surface area (Å²) < 4.78 is 12.8. The van der Waals surface area contributed by atoms with E-state index in [2.05, 4.69) is 10.3 Å². The van der Waals surface area contributed by atoms with Gasteiger partial charge in [0.05, 0.1) is 5.56 Å². The van der Waals surface area contributed by atoms with Gasteiger partial charge in [0.25, 0.3) is 5.91 Å². The van der Waals surface area contributed by atoms with E-state index in [9.17, 15) is 9.18 Å². The molecule has 4 heteroatoms. The Morgan fingerprint density at radius 1 is 1.25 bits per heavy atom. The summed E-state index contributed by atoms with van der Waals surface area (Å²) in [5.41, 5.74) is 2.79. The Hall–Kier alpha value is -2.23. The molecule has 0 bridgehead atoms. The zero-order valence-corrected chi connectivity index (χ0v) is 11.8. The van der Waals surface area contributed by atoms with Crippen LogP contribution in [0.1, 0.15) is 41.4 Å². The van der Waals surface area contributed by atoms with Gasteiger partial charge >= 0.3 is 0 Å². The van der Waals surface area contributed by atoms with E-state index in [4.69, 9.17) is 0 Å². The van der Waals surface area contributed by atoms with E-state index in [-0.39, 0.29) is 11.7 Å². The molecule has 20 heavy (non-hydrogen) atoms. The van der Waals surface area contributed by atoms with Crippen molar-refractivity contribution in [1.29, 1.82) is 0 Å². The summed E-state index contributed by atoms with van der Waals surface area (Å²) in [5, 5.41) is 2.75. The Balaban J connectivity index is 2.24. The Labute approximate surface area is 117 Å². The predicted molar refractivity (Wildman–Crippen MR) is 77.4 cm³/mol. The van der Waals surface area contributed by atoms with Gasteiger partial charge in [0.15, 0.2) is 0 Å². The van der Waals surface area contributed by atoms with E-state index >= 15 is 0 Å². The van der Waals surface area contributed by atoms with Crippen LogP contribution in [0.5, 0.6) is 0 Å². The summed E-state index contributed by atoms with van der Waals surface area (Å²) in [6, 6.07) is 7.53. The molecule has 1 aromatic carbocycles. The minimum atomic E-state index is -0.331. The van der Waals surface area contributed by atoms with E-state index in [1.54, 1.807) is 13.1 Å². The molecule has 2 aromatic rings. The van der Waals surface area contributed by atoms with E-state index in [0.717, 1.165) is 5.56 Å². The van der Waals surface area contributed by atoms with Crippen molar-refractivity contribution in [3.63, 3.8) is 0 Å². The zero-order valence-electron chi connectivity index (χ0n) is 11.8. The van der Waals surface area contributed by atoms with Crippen LogP contribution >= 0.6 is 0 Å². The molecule has 2 rings (SSSR count). The lowest BCUT2D eigenvalue weighted by atomic mass is 10.0. The molecule has 1 N–H and O–H groups in total. The van der Waals surface area contributed by atoms with Crippen LogP contribution in [0, 0.1) is 12.7 Å². The summed E-state index contributed by atoms with van der Waals surface area (Å²) in [5.74, 6) is -0.257. The molecule has 0 atom stereocenters. The topological polar surface area (TPSA) is 42.0 Å². The van der Waals surface area contributed by atoms with Crippen LogP contribution in [0.2, 0.25) is 0 Å². The average molecular weight is 272 g/mol. The third kappa shape index (κ3) is 3.20. The second-order valence-corrected chi connectivity index (χ2v) is 5.02.